The van der Waals surface area contributed by atoms with Crippen molar-refractivity contribution in [2.45, 2.75) is 26.7 Å². The van der Waals surface area contributed by atoms with Crippen LogP contribution in [0.25, 0.3) is 0 Å². The van der Waals surface area contributed by atoms with Crippen LogP contribution in [0.3, 0.4) is 0 Å². The van der Waals surface area contributed by atoms with Gasteiger partial charge in [0.1, 0.15) is 11.6 Å². The number of rotatable bonds is 5. The van der Waals surface area contributed by atoms with Gasteiger partial charge >= 0.3 is 0 Å². The Balaban J connectivity index is 2.14. The van der Waals surface area contributed by atoms with Gasteiger partial charge in [0.05, 0.1) is 13.2 Å². The molecule has 1 unspecified atom stereocenters. The molecule has 1 aliphatic rings. The fraction of sp³-hybridized carbons (Fsp3) is 0.750. The zero-order valence-electron chi connectivity index (χ0n) is 13.8. The molecule has 5 nitrogen and oxygen atoms in total. The molecule has 1 atom stereocenters. The molecule has 21 heavy (non-hydrogen) atoms. The number of aromatic nitrogens is 2. The van der Waals surface area contributed by atoms with Crippen molar-refractivity contribution in [3.63, 3.8) is 0 Å². The van der Waals surface area contributed by atoms with E-state index in [1.807, 2.05) is 0 Å². The lowest BCUT2D eigenvalue weighted by molar-refractivity contribution is 0.113. The summed E-state index contributed by atoms with van der Waals surface area (Å²) in [6.07, 6.45) is 2.02. The fourth-order valence-electron chi connectivity index (χ4n) is 2.82. The summed E-state index contributed by atoms with van der Waals surface area (Å²) in [5.74, 6) is 2.54. The van der Waals surface area contributed by atoms with Crippen LogP contribution in [0.4, 0.5) is 5.82 Å². The van der Waals surface area contributed by atoms with Gasteiger partial charge in [-0.15, -0.1) is 0 Å². The molecule has 1 saturated heterocycles. The lowest BCUT2D eigenvalue weighted by Crippen LogP contribution is -2.35. The number of ether oxygens (including phenoxy) is 1. The third kappa shape index (κ3) is 4.93. The minimum absolute atomic E-state index is 0.521. The molecule has 1 aromatic rings. The number of aryl methyl sites for hydroxylation is 2. The van der Waals surface area contributed by atoms with E-state index in [0.717, 1.165) is 63.0 Å². The van der Waals surface area contributed by atoms with E-state index in [2.05, 4.69) is 48.8 Å². The first-order valence-electron chi connectivity index (χ1n) is 7.90. The van der Waals surface area contributed by atoms with Gasteiger partial charge in [-0.3, -0.25) is 0 Å². The second-order valence-corrected chi connectivity index (χ2v) is 6.18. The highest BCUT2D eigenvalue weighted by Crippen LogP contribution is 2.17. The van der Waals surface area contributed by atoms with Crippen LogP contribution in [0.5, 0.6) is 0 Å². The van der Waals surface area contributed by atoms with Crippen molar-refractivity contribution in [2.24, 2.45) is 5.92 Å². The second kappa shape index (κ2) is 7.71. The molecule has 1 fully saturated rings. The van der Waals surface area contributed by atoms with Crippen LogP contribution in [-0.4, -0.2) is 61.8 Å². The Hall–Kier alpha value is -1.20. The van der Waals surface area contributed by atoms with Crippen molar-refractivity contribution in [1.29, 1.82) is 0 Å². The summed E-state index contributed by atoms with van der Waals surface area (Å²) in [5.41, 5.74) is 1.05. The SMILES string of the molecule is CCCc1nc(C)cc(N2CCOCC(CN(C)C)C2)n1. The van der Waals surface area contributed by atoms with Crippen LogP contribution >= 0.6 is 0 Å². The molecule has 0 bridgehead atoms. The average Bonchev–Trinajstić information content (AvgIpc) is 2.63. The molecule has 5 heteroatoms. The average molecular weight is 292 g/mol. The van der Waals surface area contributed by atoms with Crippen molar-refractivity contribution in [1.82, 2.24) is 14.9 Å². The van der Waals surface area contributed by atoms with E-state index in [0.29, 0.717) is 5.92 Å². The minimum Gasteiger partial charge on any atom is -0.379 e. The third-order valence-electron chi connectivity index (χ3n) is 3.65. The van der Waals surface area contributed by atoms with Gasteiger partial charge < -0.3 is 14.5 Å². The predicted octanol–water partition coefficient (Wildman–Crippen LogP) is 1.75. The van der Waals surface area contributed by atoms with Gasteiger partial charge in [0.2, 0.25) is 0 Å². The Bertz CT molecular complexity index is 450. The van der Waals surface area contributed by atoms with Crippen molar-refractivity contribution >= 4 is 5.82 Å². The first-order chi connectivity index (χ1) is 10.1. The molecule has 0 amide bonds. The van der Waals surface area contributed by atoms with E-state index in [-0.39, 0.29) is 0 Å². The summed E-state index contributed by atoms with van der Waals surface area (Å²) in [6, 6.07) is 2.09. The molecule has 0 N–H and O–H groups in total. The van der Waals surface area contributed by atoms with Gasteiger partial charge in [-0.1, -0.05) is 6.92 Å². The fourth-order valence-corrected chi connectivity index (χ4v) is 2.82. The summed E-state index contributed by atoms with van der Waals surface area (Å²) in [4.78, 5) is 13.9. The zero-order chi connectivity index (χ0) is 15.2. The summed E-state index contributed by atoms with van der Waals surface area (Å²) < 4.78 is 5.76. The van der Waals surface area contributed by atoms with Gasteiger partial charge in [0, 0.05) is 43.7 Å². The smallest absolute Gasteiger partial charge is 0.132 e. The molecule has 0 radical (unpaired) electrons. The molecule has 0 saturated carbocycles. The normalized spacial score (nSPS) is 19.9. The van der Waals surface area contributed by atoms with Crippen molar-refractivity contribution < 1.29 is 4.74 Å². The molecule has 2 rings (SSSR count). The molecular weight excluding hydrogens is 264 g/mol. The summed E-state index contributed by atoms with van der Waals surface area (Å²) in [6.45, 7) is 8.78. The van der Waals surface area contributed by atoms with Gasteiger partial charge in [0.25, 0.3) is 0 Å². The van der Waals surface area contributed by atoms with Crippen molar-refractivity contribution in [3.8, 4) is 0 Å². The molecule has 2 heterocycles. The lowest BCUT2D eigenvalue weighted by Gasteiger charge is -2.26. The van der Waals surface area contributed by atoms with Crippen LogP contribution < -0.4 is 4.90 Å². The minimum atomic E-state index is 0.521. The monoisotopic (exact) mass is 292 g/mol. The van der Waals surface area contributed by atoms with Gasteiger partial charge in [-0.25, -0.2) is 9.97 Å². The standard InChI is InChI=1S/C16H28N4O/c1-5-6-15-17-13(2)9-16(18-15)20-7-8-21-12-14(11-20)10-19(3)4/h9,14H,5-8,10-12H2,1-4H3. The van der Waals surface area contributed by atoms with Crippen LogP contribution in [-0.2, 0) is 11.2 Å². The van der Waals surface area contributed by atoms with Gasteiger partial charge in [-0.05, 0) is 27.4 Å². The first kappa shape index (κ1) is 16.2. The summed E-state index contributed by atoms with van der Waals surface area (Å²) in [7, 11) is 4.23. The van der Waals surface area contributed by atoms with E-state index in [1.54, 1.807) is 0 Å². The summed E-state index contributed by atoms with van der Waals surface area (Å²) in [5, 5.41) is 0. The molecule has 0 aliphatic carbocycles. The predicted molar refractivity (Wildman–Crippen MR) is 85.8 cm³/mol. The van der Waals surface area contributed by atoms with Crippen molar-refractivity contribution in [2.75, 3.05) is 51.8 Å². The summed E-state index contributed by atoms with van der Waals surface area (Å²) >= 11 is 0. The lowest BCUT2D eigenvalue weighted by atomic mass is 10.1. The first-order valence-corrected chi connectivity index (χ1v) is 7.90. The van der Waals surface area contributed by atoms with E-state index in [4.69, 9.17) is 9.72 Å². The van der Waals surface area contributed by atoms with E-state index >= 15 is 0 Å². The molecular formula is C16H28N4O. The maximum Gasteiger partial charge on any atom is 0.132 e. The molecule has 1 aliphatic heterocycles. The van der Waals surface area contributed by atoms with Crippen molar-refractivity contribution in [3.05, 3.63) is 17.6 Å². The second-order valence-electron chi connectivity index (χ2n) is 6.18. The van der Waals surface area contributed by atoms with Crippen LogP contribution in [0.2, 0.25) is 0 Å². The topological polar surface area (TPSA) is 41.5 Å². The van der Waals surface area contributed by atoms with Gasteiger partial charge in [0.15, 0.2) is 0 Å². The Kier molecular flexibility index (Phi) is 5.94. The molecule has 1 aromatic heterocycles. The van der Waals surface area contributed by atoms with E-state index in [1.165, 1.54) is 0 Å². The van der Waals surface area contributed by atoms with E-state index in [9.17, 15) is 0 Å². The Labute approximate surface area is 128 Å². The highest BCUT2D eigenvalue weighted by atomic mass is 16.5. The highest BCUT2D eigenvalue weighted by Gasteiger charge is 2.21. The Morgan fingerprint density at radius 1 is 1.38 bits per heavy atom. The zero-order valence-corrected chi connectivity index (χ0v) is 13.8. The Morgan fingerprint density at radius 2 is 2.19 bits per heavy atom. The number of nitrogens with zero attached hydrogens (tertiary/aromatic N) is 4. The van der Waals surface area contributed by atoms with Crippen LogP contribution in [0.1, 0.15) is 24.9 Å². The molecule has 118 valence electrons. The van der Waals surface area contributed by atoms with Crippen LogP contribution in [0.15, 0.2) is 6.07 Å². The van der Waals surface area contributed by atoms with E-state index < -0.39 is 0 Å². The quantitative estimate of drug-likeness (QED) is 0.827. The molecule has 0 spiro atoms. The maximum atomic E-state index is 5.76. The maximum absolute atomic E-state index is 5.76. The number of hydrogen-bond acceptors (Lipinski definition) is 5. The Morgan fingerprint density at radius 3 is 2.90 bits per heavy atom. The highest BCUT2D eigenvalue weighted by molar-refractivity contribution is 5.40. The van der Waals surface area contributed by atoms with Crippen LogP contribution in [0, 0.1) is 12.8 Å². The number of hydrogen-bond donors (Lipinski definition) is 0. The van der Waals surface area contributed by atoms with Gasteiger partial charge in [-0.2, -0.15) is 0 Å². The largest absolute Gasteiger partial charge is 0.379 e. The molecule has 0 aromatic carbocycles. The number of anilines is 1. The third-order valence-corrected chi connectivity index (χ3v) is 3.65.